The minimum atomic E-state index is -0.370. The predicted molar refractivity (Wildman–Crippen MR) is 70.8 cm³/mol. The number of aryl methyl sites for hydroxylation is 1. The molecule has 0 amide bonds. The summed E-state index contributed by atoms with van der Waals surface area (Å²) in [4.78, 5) is 8.75. The molecule has 0 saturated heterocycles. The zero-order valence-electron chi connectivity index (χ0n) is 10.3. The highest BCUT2D eigenvalue weighted by molar-refractivity contribution is 5.78. The van der Waals surface area contributed by atoms with Gasteiger partial charge in [0.1, 0.15) is 0 Å². The van der Waals surface area contributed by atoms with Crippen LogP contribution in [-0.4, -0.2) is 15.5 Å². The first-order chi connectivity index (χ1) is 8.00. The van der Waals surface area contributed by atoms with Crippen LogP contribution in [0.25, 0.3) is 11.0 Å². The Balaban J connectivity index is 2.41. The van der Waals surface area contributed by atoms with Crippen molar-refractivity contribution in [3.8, 4) is 12.3 Å². The maximum atomic E-state index is 5.45. The van der Waals surface area contributed by atoms with Gasteiger partial charge in [0, 0.05) is 11.9 Å². The SMILES string of the molecule is C#CC(C)(C)Nc1ccc2ncc(C)nc2c1. The topological polar surface area (TPSA) is 37.8 Å². The average molecular weight is 225 g/mol. The van der Waals surface area contributed by atoms with Gasteiger partial charge in [0.05, 0.1) is 22.3 Å². The molecule has 0 spiro atoms. The highest BCUT2D eigenvalue weighted by Crippen LogP contribution is 2.19. The van der Waals surface area contributed by atoms with Gasteiger partial charge in [-0.15, -0.1) is 6.42 Å². The van der Waals surface area contributed by atoms with Crippen LogP contribution in [-0.2, 0) is 0 Å². The molecule has 2 aromatic rings. The number of benzene rings is 1. The number of hydrogen-bond acceptors (Lipinski definition) is 3. The summed E-state index contributed by atoms with van der Waals surface area (Å²) in [5.41, 5.74) is 3.26. The highest BCUT2D eigenvalue weighted by atomic mass is 15.0. The summed E-state index contributed by atoms with van der Waals surface area (Å²) in [5, 5.41) is 3.28. The van der Waals surface area contributed by atoms with Crippen molar-refractivity contribution < 1.29 is 0 Å². The van der Waals surface area contributed by atoms with Crippen LogP contribution in [0.15, 0.2) is 24.4 Å². The highest BCUT2D eigenvalue weighted by Gasteiger charge is 2.13. The number of aromatic nitrogens is 2. The predicted octanol–water partition coefficient (Wildman–Crippen LogP) is 2.76. The first kappa shape index (κ1) is 11.4. The van der Waals surface area contributed by atoms with E-state index >= 15 is 0 Å². The van der Waals surface area contributed by atoms with Crippen molar-refractivity contribution in [2.24, 2.45) is 0 Å². The molecule has 17 heavy (non-hydrogen) atoms. The van der Waals surface area contributed by atoms with Crippen molar-refractivity contribution in [3.63, 3.8) is 0 Å². The molecule has 0 atom stereocenters. The standard InChI is InChI=1S/C14H15N3/c1-5-14(3,4)17-11-6-7-12-13(8-11)16-10(2)9-15-12/h1,6-9,17H,2-4H3. The van der Waals surface area contributed by atoms with Gasteiger partial charge in [0.15, 0.2) is 0 Å². The lowest BCUT2D eigenvalue weighted by Gasteiger charge is -2.21. The number of rotatable bonds is 2. The van der Waals surface area contributed by atoms with Gasteiger partial charge in [-0.05, 0) is 39.0 Å². The van der Waals surface area contributed by atoms with Crippen molar-refractivity contribution in [2.45, 2.75) is 26.3 Å². The van der Waals surface area contributed by atoms with Gasteiger partial charge in [-0.25, -0.2) is 4.98 Å². The Morgan fingerprint density at radius 2 is 2.06 bits per heavy atom. The molecule has 1 heterocycles. The molecule has 0 fully saturated rings. The van der Waals surface area contributed by atoms with E-state index in [1.54, 1.807) is 6.20 Å². The van der Waals surface area contributed by atoms with Gasteiger partial charge >= 0.3 is 0 Å². The second-order valence-electron chi connectivity index (χ2n) is 4.61. The Morgan fingerprint density at radius 3 is 2.76 bits per heavy atom. The van der Waals surface area contributed by atoms with Crippen molar-refractivity contribution in [3.05, 3.63) is 30.1 Å². The molecule has 1 aromatic heterocycles. The number of terminal acetylenes is 1. The Bertz CT molecular complexity index is 594. The molecule has 0 bridgehead atoms. The molecular formula is C14H15N3. The molecule has 0 radical (unpaired) electrons. The van der Waals surface area contributed by atoms with E-state index < -0.39 is 0 Å². The Morgan fingerprint density at radius 1 is 1.29 bits per heavy atom. The minimum Gasteiger partial charge on any atom is -0.369 e. The minimum absolute atomic E-state index is 0.370. The van der Waals surface area contributed by atoms with E-state index in [0.717, 1.165) is 22.4 Å². The molecule has 0 aliphatic rings. The molecule has 0 aliphatic carbocycles. The molecule has 0 unspecified atom stereocenters. The lowest BCUT2D eigenvalue weighted by molar-refractivity contribution is 0.742. The summed E-state index contributed by atoms with van der Waals surface area (Å²) in [6.45, 7) is 5.84. The van der Waals surface area contributed by atoms with Gasteiger partial charge < -0.3 is 5.32 Å². The second-order valence-corrected chi connectivity index (χ2v) is 4.61. The van der Waals surface area contributed by atoms with Crippen molar-refractivity contribution in [1.82, 2.24) is 9.97 Å². The molecule has 1 aromatic carbocycles. The number of fused-ring (bicyclic) bond motifs is 1. The number of hydrogen-bond donors (Lipinski definition) is 1. The van der Waals surface area contributed by atoms with E-state index in [1.165, 1.54) is 0 Å². The van der Waals surface area contributed by atoms with E-state index in [-0.39, 0.29) is 5.54 Å². The first-order valence-electron chi connectivity index (χ1n) is 5.49. The van der Waals surface area contributed by atoms with Crippen molar-refractivity contribution >= 4 is 16.7 Å². The third-order valence-corrected chi connectivity index (χ3v) is 2.48. The van der Waals surface area contributed by atoms with E-state index in [9.17, 15) is 0 Å². The van der Waals surface area contributed by atoms with Crippen LogP contribution < -0.4 is 5.32 Å². The smallest absolute Gasteiger partial charge is 0.0927 e. The molecule has 0 aliphatic heterocycles. The van der Waals surface area contributed by atoms with Crippen LogP contribution in [0.4, 0.5) is 5.69 Å². The third-order valence-electron chi connectivity index (χ3n) is 2.48. The van der Waals surface area contributed by atoms with E-state index in [2.05, 4.69) is 21.2 Å². The van der Waals surface area contributed by atoms with Crippen LogP contribution >= 0.6 is 0 Å². The summed E-state index contributed by atoms with van der Waals surface area (Å²) >= 11 is 0. The van der Waals surface area contributed by atoms with Crippen molar-refractivity contribution in [1.29, 1.82) is 0 Å². The van der Waals surface area contributed by atoms with Gasteiger partial charge in [-0.1, -0.05) is 5.92 Å². The largest absolute Gasteiger partial charge is 0.369 e. The van der Waals surface area contributed by atoms with E-state index in [4.69, 9.17) is 6.42 Å². The maximum absolute atomic E-state index is 5.45. The number of anilines is 1. The fourth-order valence-electron chi connectivity index (χ4n) is 1.58. The number of nitrogens with zero attached hydrogens (tertiary/aromatic N) is 2. The summed E-state index contributed by atoms with van der Waals surface area (Å²) < 4.78 is 0. The fourth-order valence-corrected chi connectivity index (χ4v) is 1.58. The summed E-state index contributed by atoms with van der Waals surface area (Å²) in [6, 6.07) is 5.87. The van der Waals surface area contributed by atoms with Gasteiger partial charge in [-0.2, -0.15) is 0 Å². The molecule has 3 heteroatoms. The van der Waals surface area contributed by atoms with Crippen LogP contribution in [0.2, 0.25) is 0 Å². The van der Waals surface area contributed by atoms with Gasteiger partial charge in [0.25, 0.3) is 0 Å². The number of nitrogens with one attached hydrogen (secondary N) is 1. The molecule has 2 rings (SSSR count). The summed E-state index contributed by atoms with van der Waals surface area (Å²) in [7, 11) is 0. The van der Waals surface area contributed by atoms with E-state index in [1.807, 2.05) is 39.0 Å². The normalized spacial score (nSPS) is 11.2. The molecule has 3 nitrogen and oxygen atoms in total. The van der Waals surface area contributed by atoms with Gasteiger partial charge in [-0.3, -0.25) is 4.98 Å². The Hall–Kier alpha value is -2.08. The first-order valence-corrected chi connectivity index (χ1v) is 5.49. The van der Waals surface area contributed by atoms with Gasteiger partial charge in [0.2, 0.25) is 0 Å². The molecule has 0 saturated carbocycles. The van der Waals surface area contributed by atoms with Crippen LogP contribution in [0.3, 0.4) is 0 Å². The monoisotopic (exact) mass is 225 g/mol. The Labute approximate surface area is 101 Å². The lowest BCUT2D eigenvalue weighted by Crippen LogP contribution is -2.28. The summed E-state index contributed by atoms with van der Waals surface area (Å²) in [6.07, 6.45) is 7.22. The Kier molecular flexibility index (Phi) is 2.72. The zero-order chi connectivity index (χ0) is 12.5. The van der Waals surface area contributed by atoms with E-state index in [0.29, 0.717) is 0 Å². The van der Waals surface area contributed by atoms with Crippen LogP contribution in [0, 0.1) is 19.3 Å². The van der Waals surface area contributed by atoms with Crippen LogP contribution in [0.1, 0.15) is 19.5 Å². The molecule has 1 N–H and O–H groups in total. The lowest BCUT2D eigenvalue weighted by atomic mass is 10.1. The average Bonchev–Trinajstić information content (AvgIpc) is 2.28. The quantitative estimate of drug-likeness (QED) is 0.799. The third kappa shape index (κ3) is 2.54. The molecule has 86 valence electrons. The van der Waals surface area contributed by atoms with Crippen LogP contribution in [0.5, 0.6) is 0 Å². The second kappa shape index (κ2) is 4.06. The maximum Gasteiger partial charge on any atom is 0.0927 e. The fraction of sp³-hybridized carbons (Fsp3) is 0.286. The zero-order valence-corrected chi connectivity index (χ0v) is 10.3. The summed E-state index contributed by atoms with van der Waals surface area (Å²) in [5.74, 6) is 2.70. The van der Waals surface area contributed by atoms with Crippen molar-refractivity contribution in [2.75, 3.05) is 5.32 Å². The molecular weight excluding hydrogens is 210 g/mol.